The molecule has 0 nitrogen and oxygen atoms in total. The lowest BCUT2D eigenvalue weighted by Gasteiger charge is -2.15. The van der Waals surface area contributed by atoms with E-state index < -0.39 is 0 Å². The molecular weight excluding hydrogens is 336 g/mol. The van der Waals surface area contributed by atoms with Gasteiger partial charge in [0.2, 0.25) is 0 Å². The normalized spacial score (nSPS) is 11.8. The predicted octanol–water partition coefficient (Wildman–Crippen LogP) is 7.64. The van der Waals surface area contributed by atoms with Gasteiger partial charge >= 0.3 is 0 Å². The average molecular weight is 360 g/mol. The van der Waals surface area contributed by atoms with Crippen molar-refractivity contribution in [2.75, 3.05) is 0 Å². The van der Waals surface area contributed by atoms with Gasteiger partial charge in [-0.1, -0.05) is 115 Å². The van der Waals surface area contributed by atoms with E-state index in [0.29, 0.717) is 0 Å². The molecule has 0 unspecified atom stereocenters. The molecule has 4 aromatic rings. The van der Waals surface area contributed by atoms with Crippen LogP contribution in [0, 0.1) is 6.92 Å². The summed E-state index contributed by atoms with van der Waals surface area (Å²) < 4.78 is 0. The van der Waals surface area contributed by atoms with Crippen LogP contribution in [-0.4, -0.2) is 0 Å². The Morgan fingerprint density at radius 3 is 1.43 bits per heavy atom. The summed E-state index contributed by atoms with van der Waals surface area (Å²) >= 11 is 0. The molecule has 28 heavy (non-hydrogen) atoms. The van der Waals surface area contributed by atoms with Crippen molar-refractivity contribution in [3.8, 4) is 11.1 Å². The van der Waals surface area contributed by atoms with E-state index in [0.717, 1.165) is 0 Å². The summed E-state index contributed by atoms with van der Waals surface area (Å²) in [5.74, 6) is 0. The fourth-order valence-electron chi connectivity index (χ4n) is 3.61. The van der Waals surface area contributed by atoms with E-state index >= 15 is 0 Å². The van der Waals surface area contributed by atoms with Crippen molar-refractivity contribution < 1.29 is 0 Å². The topological polar surface area (TPSA) is 0 Å². The van der Waals surface area contributed by atoms with E-state index in [1.165, 1.54) is 44.5 Å². The van der Waals surface area contributed by atoms with Crippen LogP contribution in [0.4, 0.5) is 0 Å². The van der Waals surface area contributed by atoms with Crippen LogP contribution < -0.4 is 0 Å². The maximum atomic E-state index is 2.24. The van der Waals surface area contributed by atoms with Gasteiger partial charge in [0.1, 0.15) is 0 Å². The van der Waals surface area contributed by atoms with Crippen LogP contribution in [0.2, 0.25) is 0 Å². The standard InChI is InChI=1S/C28H24/c1-21-13-15-24(16-14-21)25-17-19-27(20-18-25)28(26-11-7-4-8-12-26)22(2)23-9-5-3-6-10-23/h3-20H,1-2H3/b28-22-. The van der Waals surface area contributed by atoms with E-state index in [-0.39, 0.29) is 0 Å². The van der Waals surface area contributed by atoms with Gasteiger partial charge in [-0.25, -0.2) is 0 Å². The van der Waals surface area contributed by atoms with E-state index in [2.05, 4.69) is 123 Å². The van der Waals surface area contributed by atoms with Gasteiger partial charge < -0.3 is 0 Å². The van der Waals surface area contributed by atoms with Gasteiger partial charge in [0.05, 0.1) is 0 Å². The zero-order valence-corrected chi connectivity index (χ0v) is 16.4. The fraction of sp³-hybridized carbons (Fsp3) is 0.0714. The minimum atomic E-state index is 1.24. The Bertz CT molecular complexity index is 1070. The highest BCUT2D eigenvalue weighted by Crippen LogP contribution is 2.33. The van der Waals surface area contributed by atoms with Crippen molar-refractivity contribution in [2.45, 2.75) is 13.8 Å². The molecule has 0 aliphatic heterocycles. The minimum absolute atomic E-state index is 1.24. The molecule has 0 atom stereocenters. The Labute approximate surface area is 167 Å². The first kappa shape index (κ1) is 18.0. The van der Waals surface area contributed by atoms with E-state index in [4.69, 9.17) is 0 Å². The molecule has 0 aliphatic rings. The lowest BCUT2D eigenvalue weighted by molar-refractivity contribution is 1.46. The molecule has 0 aliphatic carbocycles. The molecule has 0 radical (unpaired) electrons. The van der Waals surface area contributed by atoms with E-state index in [1.54, 1.807) is 0 Å². The van der Waals surface area contributed by atoms with Crippen molar-refractivity contribution in [2.24, 2.45) is 0 Å². The van der Waals surface area contributed by atoms with Crippen LogP contribution in [0.25, 0.3) is 22.3 Å². The highest BCUT2D eigenvalue weighted by molar-refractivity contribution is 5.98. The molecule has 0 fully saturated rings. The molecule has 0 aromatic heterocycles. The van der Waals surface area contributed by atoms with Crippen molar-refractivity contribution >= 4 is 11.1 Å². The molecule has 0 saturated carbocycles. The highest BCUT2D eigenvalue weighted by atomic mass is 14.1. The van der Waals surface area contributed by atoms with Crippen molar-refractivity contribution in [3.63, 3.8) is 0 Å². The summed E-state index contributed by atoms with van der Waals surface area (Å²) in [5.41, 5.74) is 10.1. The minimum Gasteiger partial charge on any atom is -0.0622 e. The Morgan fingerprint density at radius 2 is 0.893 bits per heavy atom. The summed E-state index contributed by atoms with van der Waals surface area (Å²) in [5, 5.41) is 0. The summed E-state index contributed by atoms with van der Waals surface area (Å²) in [7, 11) is 0. The van der Waals surface area contributed by atoms with Gasteiger partial charge in [0, 0.05) is 0 Å². The lowest BCUT2D eigenvalue weighted by atomic mass is 9.89. The first-order chi connectivity index (χ1) is 13.7. The first-order valence-corrected chi connectivity index (χ1v) is 9.71. The molecule has 0 bridgehead atoms. The number of hydrogen-bond acceptors (Lipinski definition) is 0. The molecule has 0 saturated heterocycles. The van der Waals surface area contributed by atoms with Crippen molar-refractivity contribution in [1.29, 1.82) is 0 Å². The number of allylic oxidation sites excluding steroid dienone is 1. The zero-order chi connectivity index (χ0) is 19.3. The summed E-state index contributed by atoms with van der Waals surface area (Å²) in [6, 6.07) is 38.9. The Morgan fingerprint density at radius 1 is 0.464 bits per heavy atom. The molecule has 0 spiro atoms. The predicted molar refractivity (Wildman–Crippen MR) is 121 cm³/mol. The second-order valence-corrected chi connectivity index (χ2v) is 7.18. The van der Waals surface area contributed by atoms with E-state index in [1.807, 2.05) is 0 Å². The third-order valence-electron chi connectivity index (χ3n) is 5.20. The Kier molecular flexibility index (Phi) is 5.21. The van der Waals surface area contributed by atoms with Crippen molar-refractivity contribution in [3.05, 3.63) is 131 Å². The average Bonchev–Trinajstić information content (AvgIpc) is 2.76. The first-order valence-electron chi connectivity index (χ1n) is 9.71. The summed E-state index contributed by atoms with van der Waals surface area (Å²) in [6.45, 7) is 4.34. The zero-order valence-electron chi connectivity index (χ0n) is 16.4. The molecular formula is C28H24. The van der Waals surface area contributed by atoms with Gasteiger partial charge in [-0.2, -0.15) is 0 Å². The van der Waals surface area contributed by atoms with Crippen molar-refractivity contribution in [1.82, 2.24) is 0 Å². The Balaban J connectivity index is 1.80. The van der Waals surface area contributed by atoms with Gasteiger partial charge in [-0.3, -0.25) is 0 Å². The van der Waals surface area contributed by atoms with Crippen LogP contribution in [-0.2, 0) is 0 Å². The Hall–Kier alpha value is -3.38. The van der Waals surface area contributed by atoms with Gasteiger partial charge in [-0.05, 0) is 52.8 Å². The third kappa shape index (κ3) is 3.82. The second kappa shape index (κ2) is 8.10. The van der Waals surface area contributed by atoms with Gasteiger partial charge in [0.25, 0.3) is 0 Å². The highest BCUT2D eigenvalue weighted by Gasteiger charge is 2.11. The number of hydrogen-bond donors (Lipinski definition) is 0. The van der Waals surface area contributed by atoms with Crippen LogP contribution >= 0.6 is 0 Å². The smallest absolute Gasteiger partial charge is 0.00762 e. The number of benzene rings is 4. The van der Waals surface area contributed by atoms with Crippen LogP contribution in [0.5, 0.6) is 0 Å². The second-order valence-electron chi connectivity index (χ2n) is 7.18. The molecule has 136 valence electrons. The number of rotatable bonds is 4. The monoisotopic (exact) mass is 360 g/mol. The lowest BCUT2D eigenvalue weighted by Crippen LogP contribution is -1.93. The molecule has 0 N–H and O–H groups in total. The molecule has 0 amide bonds. The third-order valence-corrected chi connectivity index (χ3v) is 5.20. The summed E-state index contributed by atoms with van der Waals surface area (Å²) in [4.78, 5) is 0. The van der Waals surface area contributed by atoms with Crippen LogP contribution in [0.15, 0.2) is 109 Å². The summed E-state index contributed by atoms with van der Waals surface area (Å²) in [6.07, 6.45) is 0. The maximum absolute atomic E-state index is 2.24. The number of aryl methyl sites for hydroxylation is 1. The van der Waals surface area contributed by atoms with Crippen LogP contribution in [0.3, 0.4) is 0 Å². The largest absolute Gasteiger partial charge is 0.0622 e. The van der Waals surface area contributed by atoms with Crippen LogP contribution in [0.1, 0.15) is 29.2 Å². The molecule has 4 rings (SSSR count). The van der Waals surface area contributed by atoms with Gasteiger partial charge in [-0.15, -0.1) is 0 Å². The molecule has 0 heterocycles. The van der Waals surface area contributed by atoms with Gasteiger partial charge in [0.15, 0.2) is 0 Å². The maximum Gasteiger partial charge on any atom is -0.00762 e. The van der Waals surface area contributed by atoms with E-state index in [9.17, 15) is 0 Å². The molecule has 4 aromatic carbocycles. The quantitative estimate of drug-likeness (QED) is 0.328. The SMILES string of the molecule is C/C(=C(\c1ccccc1)c1ccc(-c2ccc(C)cc2)cc1)c1ccccc1. The fourth-order valence-corrected chi connectivity index (χ4v) is 3.61. The molecule has 0 heteroatoms.